The lowest BCUT2D eigenvalue weighted by molar-refractivity contribution is -0.129. The van der Waals surface area contributed by atoms with E-state index in [1.165, 1.54) is 0 Å². The highest BCUT2D eigenvalue weighted by atomic mass is 16.5. The Morgan fingerprint density at radius 2 is 1.88 bits per heavy atom. The minimum Gasteiger partial charge on any atom is -0.494 e. The van der Waals surface area contributed by atoms with Gasteiger partial charge in [-0.2, -0.15) is 0 Å². The molecule has 1 aliphatic rings. The molecule has 42 heavy (non-hydrogen) atoms. The molecular weight excluding hydrogens is 532 g/mol. The maximum absolute atomic E-state index is 14.1. The molecule has 4 rings (SSSR count). The third-order valence-electron chi connectivity index (χ3n) is 6.80. The second-order valence-electron chi connectivity index (χ2n) is 9.79. The van der Waals surface area contributed by atoms with Crippen molar-refractivity contribution >= 4 is 23.6 Å². The number of ether oxygens (including phenoxy) is 2. The quantitative estimate of drug-likeness (QED) is 0.0661. The van der Waals surface area contributed by atoms with E-state index in [1.807, 2.05) is 60.7 Å². The molecular formula is C32H36N6O4. The van der Waals surface area contributed by atoms with Gasteiger partial charge < -0.3 is 14.6 Å². The Kier molecular flexibility index (Phi) is 11.1. The van der Waals surface area contributed by atoms with E-state index in [-0.39, 0.29) is 24.8 Å². The number of hydrazine groups is 1. The van der Waals surface area contributed by atoms with Crippen LogP contribution in [0.5, 0.6) is 5.75 Å². The van der Waals surface area contributed by atoms with E-state index in [0.29, 0.717) is 42.1 Å². The predicted octanol–water partition coefficient (Wildman–Crippen LogP) is 6.17. The summed E-state index contributed by atoms with van der Waals surface area (Å²) in [6, 6.07) is 24.1. The van der Waals surface area contributed by atoms with Gasteiger partial charge >= 0.3 is 0 Å². The van der Waals surface area contributed by atoms with Gasteiger partial charge in [0.1, 0.15) is 5.75 Å². The Labute approximate surface area is 245 Å². The van der Waals surface area contributed by atoms with Gasteiger partial charge in [0.25, 0.3) is 5.91 Å². The molecule has 0 aromatic heterocycles. The number of unbranched alkanes of at least 4 members (excludes halogenated alkanes) is 1. The number of amides is 1. The Bertz CT molecular complexity index is 1420. The molecule has 10 heteroatoms. The molecule has 0 saturated heterocycles. The summed E-state index contributed by atoms with van der Waals surface area (Å²) in [6.07, 6.45) is 5.58. The summed E-state index contributed by atoms with van der Waals surface area (Å²) in [4.78, 5) is 22.0. The molecule has 10 nitrogen and oxygen atoms in total. The van der Waals surface area contributed by atoms with Crippen molar-refractivity contribution in [1.82, 2.24) is 10.9 Å². The van der Waals surface area contributed by atoms with Crippen molar-refractivity contribution in [1.29, 1.82) is 0 Å². The second-order valence-corrected chi connectivity index (χ2v) is 9.79. The molecule has 0 unspecified atom stereocenters. The van der Waals surface area contributed by atoms with Crippen molar-refractivity contribution in [2.75, 3.05) is 19.8 Å². The molecule has 0 fully saturated rings. The first-order chi connectivity index (χ1) is 20.6. The molecule has 3 N–H and O–H groups in total. The highest BCUT2D eigenvalue weighted by Gasteiger charge is 2.53. The Hall–Kier alpha value is -4.63. The van der Waals surface area contributed by atoms with E-state index in [0.717, 1.165) is 18.4 Å². The number of aliphatic imine (C=N–C) groups is 1. The lowest BCUT2D eigenvalue weighted by Gasteiger charge is -2.30. The molecule has 1 heterocycles. The molecule has 0 saturated carbocycles. The van der Waals surface area contributed by atoms with Gasteiger partial charge in [0.05, 0.1) is 6.61 Å². The number of hydrogen-bond acceptors (Lipinski definition) is 7. The van der Waals surface area contributed by atoms with E-state index in [1.54, 1.807) is 30.3 Å². The van der Waals surface area contributed by atoms with E-state index in [2.05, 4.69) is 27.8 Å². The van der Waals surface area contributed by atoms with Gasteiger partial charge in [0.15, 0.2) is 11.6 Å². The smallest absolute Gasteiger partial charge is 0.266 e. The zero-order valence-electron chi connectivity index (χ0n) is 23.6. The molecule has 3 aromatic carbocycles. The zero-order chi connectivity index (χ0) is 29.6. The molecule has 218 valence electrons. The van der Waals surface area contributed by atoms with Gasteiger partial charge in [-0.1, -0.05) is 85.2 Å². The lowest BCUT2D eigenvalue weighted by Crippen LogP contribution is -2.52. The van der Waals surface area contributed by atoms with Gasteiger partial charge in [-0.3, -0.25) is 10.2 Å². The number of aliphatic hydroxyl groups is 1. The number of nitrogens with zero attached hydrogens (tertiary/aromatic N) is 4. The highest BCUT2D eigenvalue weighted by Crippen LogP contribution is 2.45. The number of benzene rings is 3. The second kappa shape index (κ2) is 15.4. The molecule has 0 bridgehead atoms. The van der Waals surface area contributed by atoms with Crippen LogP contribution in [0.4, 0.5) is 5.69 Å². The van der Waals surface area contributed by atoms with Crippen molar-refractivity contribution in [3.05, 3.63) is 112 Å². The molecule has 0 aliphatic carbocycles. The summed E-state index contributed by atoms with van der Waals surface area (Å²) in [5.41, 5.74) is 16.3. The topological polar surface area (TPSA) is 141 Å². The Morgan fingerprint density at radius 3 is 2.62 bits per heavy atom. The third kappa shape index (κ3) is 7.55. The Morgan fingerprint density at radius 1 is 1.12 bits per heavy atom. The first kappa shape index (κ1) is 30.3. The molecule has 1 amide bonds. The summed E-state index contributed by atoms with van der Waals surface area (Å²) in [6.45, 7) is 3.13. The van der Waals surface area contributed by atoms with Crippen LogP contribution in [0, 0.1) is 0 Å². The first-order valence-electron chi connectivity index (χ1n) is 14.1. The van der Waals surface area contributed by atoms with Crippen LogP contribution >= 0.6 is 0 Å². The third-order valence-corrected chi connectivity index (χ3v) is 6.80. The highest BCUT2D eigenvalue weighted by molar-refractivity contribution is 6.01. The molecule has 2 atom stereocenters. The van der Waals surface area contributed by atoms with Gasteiger partial charge in [-0.25, -0.2) is 10.4 Å². The number of hydrogen-bond donors (Lipinski definition) is 3. The van der Waals surface area contributed by atoms with E-state index in [4.69, 9.17) is 19.6 Å². The van der Waals surface area contributed by atoms with Crippen LogP contribution in [0.3, 0.4) is 0 Å². The summed E-state index contributed by atoms with van der Waals surface area (Å²) < 4.78 is 12.2. The summed E-state index contributed by atoms with van der Waals surface area (Å²) in [7, 11) is 0. The van der Waals surface area contributed by atoms with Crippen LogP contribution in [0.15, 0.2) is 95.0 Å². The van der Waals surface area contributed by atoms with Crippen molar-refractivity contribution in [3.63, 3.8) is 0 Å². The van der Waals surface area contributed by atoms with Crippen LogP contribution in [-0.4, -0.2) is 42.2 Å². The van der Waals surface area contributed by atoms with Crippen LogP contribution in [-0.2, 0) is 9.53 Å². The zero-order valence-corrected chi connectivity index (χ0v) is 23.6. The maximum atomic E-state index is 14.1. The number of rotatable bonds is 15. The molecule has 0 spiro atoms. The van der Waals surface area contributed by atoms with Crippen LogP contribution in [0.1, 0.15) is 55.4 Å². The molecule has 3 aromatic rings. The van der Waals surface area contributed by atoms with E-state index in [9.17, 15) is 10.3 Å². The van der Waals surface area contributed by atoms with Crippen LogP contribution < -0.4 is 15.6 Å². The maximum Gasteiger partial charge on any atom is 0.266 e. The lowest BCUT2D eigenvalue weighted by atomic mass is 9.83. The number of aliphatic hydroxyl groups excluding tert-OH is 1. The fourth-order valence-corrected chi connectivity index (χ4v) is 4.60. The summed E-state index contributed by atoms with van der Waals surface area (Å²) in [5, 5.41) is 12.9. The van der Waals surface area contributed by atoms with Crippen molar-refractivity contribution in [3.8, 4) is 5.75 Å². The summed E-state index contributed by atoms with van der Waals surface area (Å²) in [5.74, 6) is 0.566. The Balaban J connectivity index is 1.76. The standard InChI is InChI=1S/C32H36N6O4/c1-2-3-21-34-37-31(40)32(20-9-13-24-11-5-4-6-12-24)29(27-14-7-8-15-28(27)36-38-33)42-30(35-32)25-16-18-26(19-17-25)41-23-10-22-39/h4-9,11-19,29,34,39H,2-3,10,20-23H2,1H3,(H,37,40)/b13-9+/t29-,32-/m0/s1. The van der Waals surface area contributed by atoms with Gasteiger partial charge in [0.2, 0.25) is 5.90 Å². The minimum atomic E-state index is -1.42. The number of carbonyl (C=O) groups is 1. The van der Waals surface area contributed by atoms with Crippen molar-refractivity contribution < 1.29 is 19.4 Å². The number of carbonyl (C=O) groups excluding carboxylic acids is 1. The van der Waals surface area contributed by atoms with Crippen LogP contribution in [0.2, 0.25) is 0 Å². The van der Waals surface area contributed by atoms with Crippen LogP contribution in [0.25, 0.3) is 16.5 Å². The van der Waals surface area contributed by atoms with E-state index < -0.39 is 11.6 Å². The minimum absolute atomic E-state index is 0.0532. The monoisotopic (exact) mass is 568 g/mol. The normalized spacial score (nSPS) is 17.8. The van der Waals surface area contributed by atoms with Crippen molar-refractivity contribution in [2.45, 2.75) is 44.2 Å². The average molecular weight is 569 g/mol. The van der Waals surface area contributed by atoms with Gasteiger partial charge in [-0.05, 0) is 41.8 Å². The molecule has 1 aliphatic heterocycles. The average Bonchev–Trinajstić information content (AvgIpc) is 3.41. The predicted molar refractivity (Wildman–Crippen MR) is 163 cm³/mol. The fraction of sp³-hybridized carbons (Fsp3) is 0.312. The first-order valence-corrected chi connectivity index (χ1v) is 14.1. The van der Waals surface area contributed by atoms with Crippen molar-refractivity contribution in [2.24, 2.45) is 10.1 Å². The largest absolute Gasteiger partial charge is 0.494 e. The number of azide groups is 1. The molecule has 0 radical (unpaired) electrons. The van der Waals surface area contributed by atoms with Gasteiger partial charge in [0, 0.05) is 47.7 Å². The summed E-state index contributed by atoms with van der Waals surface area (Å²) >= 11 is 0. The van der Waals surface area contributed by atoms with Gasteiger partial charge in [-0.15, -0.1) is 0 Å². The SMILES string of the molecule is CCCCNNC(=O)[C@@]1(C/C=C/c2ccccc2)N=C(c2ccc(OCCCO)cc2)O[C@H]1c1ccccc1N=[N+]=[N-]. The fourth-order valence-electron chi connectivity index (χ4n) is 4.60. The van der Waals surface area contributed by atoms with E-state index >= 15 is 0 Å². The number of nitrogens with one attached hydrogen (secondary N) is 2.